The second-order valence-electron chi connectivity index (χ2n) is 9.06. The van der Waals surface area contributed by atoms with Gasteiger partial charge in [0.25, 0.3) is 5.56 Å². The molecule has 1 aliphatic rings. The number of likely N-dealkylation sites (N-methyl/N-ethyl adjacent to an activating group) is 1. The van der Waals surface area contributed by atoms with E-state index in [4.69, 9.17) is 4.98 Å². The van der Waals surface area contributed by atoms with Crippen LogP contribution in [0.25, 0.3) is 11.0 Å². The van der Waals surface area contributed by atoms with Crippen molar-refractivity contribution in [1.82, 2.24) is 19.4 Å². The number of pyridine rings is 1. The highest BCUT2D eigenvalue weighted by molar-refractivity contribution is 5.76. The zero-order valence-electron chi connectivity index (χ0n) is 20.0. The van der Waals surface area contributed by atoms with Gasteiger partial charge in [0.05, 0.1) is 6.54 Å². The van der Waals surface area contributed by atoms with Gasteiger partial charge in [-0.25, -0.2) is 4.98 Å². The van der Waals surface area contributed by atoms with E-state index in [0.717, 1.165) is 53.9 Å². The Morgan fingerprint density at radius 1 is 0.912 bits per heavy atom. The molecule has 1 fully saturated rings. The summed E-state index contributed by atoms with van der Waals surface area (Å²) in [6.07, 6.45) is 1.77. The lowest BCUT2D eigenvalue weighted by Gasteiger charge is -2.34. The minimum Gasteiger partial charge on any atom is -0.369 e. The molecule has 34 heavy (non-hydrogen) atoms. The van der Waals surface area contributed by atoms with Gasteiger partial charge >= 0.3 is 0 Å². The van der Waals surface area contributed by atoms with Crippen LogP contribution in [0.1, 0.15) is 16.7 Å². The molecule has 0 amide bonds. The summed E-state index contributed by atoms with van der Waals surface area (Å²) >= 11 is 0. The van der Waals surface area contributed by atoms with Crippen molar-refractivity contribution < 1.29 is 0 Å². The van der Waals surface area contributed by atoms with Crippen molar-refractivity contribution in [3.8, 4) is 0 Å². The zero-order valence-corrected chi connectivity index (χ0v) is 20.0. The molecule has 0 bridgehead atoms. The Balaban J connectivity index is 1.41. The number of fused-ring (bicyclic) bond motifs is 1. The van der Waals surface area contributed by atoms with E-state index in [0.29, 0.717) is 18.1 Å². The van der Waals surface area contributed by atoms with Gasteiger partial charge in [0.15, 0.2) is 0 Å². The lowest BCUT2D eigenvalue weighted by Crippen LogP contribution is -2.44. The van der Waals surface area contributed by atoms with Gasteiger partial charge in [0, 0.05) is 55.2 Å². The van der Waals surface area contributed by atoms with Gasteiger partial charge in [0.2, 0.25) is 5.95 Å². The van der Waals surface area contributed by atoms with E-state index < -0.39 is 0 Å². The van der Waals surface area contributed by atoms with Crippen molar-refractivity contribution in [3.05, 3.63) is 87.8 Å². The van der Waals surface area contributed by atoms with Crippen molar-refractivity contribution in [2.24, 2.45) is 0 Å². The van der Waals surface area contributed by atoms with Crippen molar-refractivity contribution in [3.63, 3.8) is 0 Å². The maximum Gasteiger partial charge on any atom is 0.252 e. The van der Waals surface area contributed by atoms with Crippen LogP contribution in [-0.2, 0) is 6.54 Å². The summed E-state index contributed by atoms with van der Waals surface area (Å²) in [5, 5.41) is 4.14. The van der Waals surface area contributed by atoms with Gasteiger partial charge in [0.1, 0.15) is 5.65 Å². The Labute approximate surface area is 199 Å². The van der Waals surface area contributed by atoms with Gasteiger partial charge in [-0.1, -0.05) is 18.2 Å². The molecule has 0 aliphatic carbocycles. The second-order valence-corrected chi connectivity index (χ2v) is 9.06. The summed E-state index contributed by atoms with van der Waals surface area (Å²) in [6, 6.07) is 17.9. The van der Waals surface area contributed by atoms with Crippen LogP contribution < -0.4 is 15.8 Å². The van der Waals surface area contributed by atoms with E-state index in [1.54, 1.807) is 22.9 Å². The third-order valence-corrected chi connectivity index (χ3v) is 6.68. The molecule has 1 aliphatic heterocycles. The van der Waals surface area contributed by atoms with E-state index in [1.807, 2.05) is 6.07 Å². The number of aryl methyl sites for hydroxylation is 2. The minimum atomic E-state index is -0.0728. The lowest BCUT2D eigenvalue weighted by molar-refractivity contribution is 0.313. The highest BCUT2D eigenvalue weighted by atomic mass is 16.1. The Morgan fingerprint density at radius 3 is 2.32 bits per heavy atom. The van der Waals surface area contributed by atoms with E-state index in [2.05, 4.69) is 77.4 Å². The van der Waals surface area contributed by atoms with Crippen molar-refractivity contribution in [1.29, 1.82) is 0 Å². The number of nitrogens with zero attached hydrogens (tertiary/aromatic N) is 5. The predicted molar refractivity (Wildman–Crippen MR) is 138 cm³/mol. The van der Waals surface area contributed by atoms with Crippen molar-refractivity contribution >= 4 is 28.4 Å². The molecular weight excluding hydrogens is 424 g/mol. The van der Waals surface area contributed by atoms with Crippen LogP contribution >= 0.6 is 0 Å². The number of anilines is 3. The van der Waals surface area contributed by atoms with Gasteiger partial charge in [-0.2, -0.15) is 4.98 Å². The van der Waals surface area contributed by atoms with Crippen LogP contribution in [0, 0.1) is 13.8 Å². The topological polar surface area (TPSA) is 66.3 Å². The average Bonchev–Trinajstić information content (AvgIpc) is 2.84. The standard InChI is InChI=1S/C27H30N6O/c1-19-5-4-6-20(2)24(19)18-33-25(34)12-7-21-17-28-27(30-26(21)33)29-22-8-10-23(11-9-22)32-15-13-31(3)14-16-32/h4-12,17H,13-16,18H2,1-3H3,(H,28,29,30). The molecule has 3 heterocycles. The van der Waals surface area contributed by atoms with E-state index >= 15 is 0 Å². The summed E-state index contributed by atoms with van der Waals surface area (Å²) in [7, 11) is 2.16. The third-order valence-electron chi connectivity index (χ3n) is 6.68. The van der Waals surface area contributed by atoms with E-state index in [-0.39, 0.29) is 5.56 Å². The SMILES string of the molecule is Cc1cccc(C)c1Cn1c(=O)ccc2cnc(Nc3ccc(N4CCN(C)CC4)cc3)nc21. The Morgan fingerprint density at radius 2 is 1.62 bits per heavy atom. The monoisotopic (exact) mass is 454 g/mol. The van der Waals surface area contributed by atoms with Crippen LogP contribution in [0.2, 0.25) is 0 Å². The summed E-state index contributed by atoms with van der Waals surface area (Å²) in [6.45, 7) is 8.86. The van der Waals surface area contributed by atoms with E-state index in [1.165, 1.54) is 5.69 Å². The fraction of sp³-hybridized carbons (Fsp3) is 0.296. The zero-order chi connectivity index (χ0) is 23.7. The average molecular weight is 455 g/mol. The fourth-order valence-electron chi connectivity index (χ4n) is 4.49. The highest BCUT2D eigenvalue weighted by Crippen LogP contribution is 2.22. The minimum absolute atomic E-state index is 0.0728. The molecule has 0 radical (unpaired) electrons. The number of nitrogens with one attached hydrogen (secondary N) is 1. The number of rotatable bonds is 5. The van der Waals surface area contributed by atoms with Crippen LogP contribution in [0.15, 0.2) is 65.6 Å². The number of benzene rings is 2. The van der Waals surface area contributed by atoms with Crippen molar-refractivity contribution in [2.45, 2.75) is 20.4 Å². The number of piperazine rings is 1. The van der Waals surface area contributed by atoms with Gasteiger partial charge in [-0.15, -0.1) is 0 Å². The van der Waals surface area contributed by atoms with Crippen LogP contribution in [0.4, 0.5) is 17.3 Å². The van der Waals surface area contributed by atoms with E-state index in [9.17, 15) is 4.79 Å². The number of hydrogen-bond donors (Lipinski definition) is 1. The second kappa shape index (κ2) is 9.27. The van der Waals surface area contributed by atoms with Crippen LogP contribution in [0.3, 0.4) is 0 Å². The Kier molecular flexibility index (Phi) is 6.02. The number of hydrogen-bond acceptors (Lipinski definition) is 6. The third kappa shape index (κ3) is 4.52. The molecule has 1 N–H and O–H groups in total. The molecule has 2 aromatic heterocycles. The molecule has 174 valence electrons. The first kappa shape index (κ1) is 22.1. The molecule has 0 unspecified atom stereocenters. The number of aromatic nitrogens is 3. The van der Waals surface area contributed by atoms with Crippen LogP contribution in [-0.4, -0.2) is 52.7 Å². The molecule has 2 aromatic carbocycles. The summed E-state index contributed by atoms with van der Waals surface area (Å²) in [5.74, 6) is 0.473. The Bertz CT molecular complexity index is 1350. The summed E-state index contributed by atoms with van der Waals surface area (Å²) in [5.41, 5.74) is 6.16. The molecule has 1 saturated heterocycles. The Hall–Kier alpha value is -3.71. The van der Waals surface area contributed by atoms with Gasteiger partial charge in [-0.3, -0.25) is 9.36 Å². The molecule has 0 spiro atoms. The smallest absolute Gasteiger partial charge is 0.252 e. The molecule has 5 rings (SSSR count). The maximum atomic E-state index is 12.8. The molecule has 0 saturated carbocycles. The maximum absolute atomic E-state index is 12.8. The molecule has 4 aromatic rings. The molecule has 7 nitrogen and oxygen atoms in total. The molecule has 7 heteroatoms. The van der Waals surface area contributed by atoms with Crippen molar-refractivity contribution in [2.75, 3.05) is 43.4 Å². The quantitative estimate of drug-likeness (QED) is 0.493. The fourth-order valence-corrected chi connectivity index (χ4v) is 4.49. The normalized spacial score (nSPS) is 14.5. The summed E-state index contributed by atoms with van der Waals surface area (Å²) < 4.78 is 1.73. The molecular formula is C27H30N6O. The lowest BCUT2D eigenvalue weighted by atomic mass is 10.0. The largest absolute Gasteiger partial charge is 0.369 e. The van der Waals surface area contributed by atoms with Gasteiger partial charge < -0.3 is 15.1 Å². The first-order chi connectivity index (χ1) is 16.5. The first-order valence-corrected chi connectivity index (χ1v) is 11.7. The van der Waals surface area contributed by atoms with Gasteiger partial charge in [-0.05, 0) is 67.9 Å². The summed E-state index contributed by atoms with van der Waals surface area (Å²) in [4.78, 5) is 26.8. The highest BCUT2D eigenvalue weighted by Gasteiger charge is 2.14. The van der Waals surface area contributed by atoms with Crippen LogP contribution in [0.5, 0.6) is 0 Å². The predicted octanol–water partition coefficient (Wildman–Crippen LogP) is 3.95. The first-order valence-electron chi connectivity index (χ1n) is 11.7. The molecule has 0 atom stereocenters.